The molecule has 0 aliphatic rings. The fraction of sp³-hybridized carbons (Fsp3) is 0.500. The van der Waals surface area contributed by atoms with Crippen LogP contribution in [0.5, 0.6) is 0 Å². The second-order valence-corrected chi connectivity index (χ2v) is 5.06. The molecule has 0 nitrogen and oxygen atoms in total. The van der Waals surface area contributed by atoms with E-state index < -0.39 is 0 Å². The van der Waals surface area contributed by atoms with Gasteiger partial charge in [0.1, 0.15) is 0 Å². The summed E-state index contributed by atoms with van der Waals surface area (Å²) in [6, 6.07) is 8.77. The molecule has 1 rings (SSSR count). The highest BCUT2D eigenvalue weighted by Crippen LogP contribution is 2.19. The lowest BCUT2D eigenvalue weighted by Crippen LogP contribution is -1.82. The van der Waals surface area contributed by atoms with E-state index in [2.05, 4.69) is 43.8 Å². The molecule has 1 aromatic rings. The van der Waals surface area contributed by atoms with Gasteiger partial charge in [-0.3, -0.25) is 0 Å². The van der Waals surface area contributed by atoms with Crippen LogP contribution in [0.25, 0.3) is 0 Å². The first-order valence-corrected chi connectivity index (χ1v) is 6.75. The molecule has 0 amide bonds. The zero-order valence-electron chi connectivity index (χ0n) is 8.70. The van der Waals surface area contributed by atoms with Crippen LogP contribution in [0.15, 0.2) is 29.2 Å². The smallest absolute Gasteiger partial charge is 0.00721 e. The Bertz CT molecular complexity index is 241. The molecule has 0 aromatic heterocycles. The Kier molecular flexibility index (Phi) is 6.20. The molecule has 0 atom stereocenters. The minimum absolute atomic E-state index is 1.02. The predicted octanol–water partition coefficient (Wildman–Crippen LogP) is 4.19. The van der Waals surface area contributed by atoms with Crippen LogP contribution in [0.3, 0.4) is 0 Å². The van der Waals surface area contributed by atoms with Crippen molar-refractivity contribution in [3.8, 4) is 0 Å². The van der Waals surface area contributed by atoms with Crippen molar-refractivity contribution in [1.29, 1.82) is 0 Å². The highest BCUT2D eigenvalue weighted by molar-refractivity contribution is 7.99. The summed E-state index contributed by atoms with van der Waals surface area (Å²) in [7, 11) is 0. The quantitative estimate of drug-likeness (QED) is 0.431. The fourth-order valence-electron chi connectivity index (χ4n) is 1.22. The maximum absolute atomic E-state index is 4.20. The number of hydrogen-bond donors (Lipinski definition) is 1. The maximum Gasteiger partial charge on any atom is 0.00721 e. The van der Waals surface area contributed by atoms with Crippen molar-refractivity contribution >= 4 is 24.4 Å². The number of benzene rings is 1. The summed E-state index contributed by atoms with van der Waals surface area (Å²) in [5, 5.41) is 0. The molecule has 0 saturated heterocycles. The van der Waals surface area contributed by atoms with Crippen molar-refractivity contribution in [3.05, 3.63) is 29.8 Å². The van der Waals surface area contributed by atoms with Crippen LogP contribution in [0.2, 0.25) is 0 Å². The summed E-state index contributed by atoms with van der Waals surface area (Å²) in [6.45, 7) is 2.13. The molecule has 78 valence electrons. The Labute approximate surface area is 96.9 Å². The predicted molar refractivity (Wildman–Crippen MR) is 69.6 cm³/mol. The van der Waals surface area contributed by atoms with E-state index in [0.29, 0.717) is 0 Å². The number of thioether (sulfide) groups is 1. The van der Waals surface area contributed by atoms with Gasteiger partial charge in [0.05, 0.1) is 0 Å². The molecule has 2 heteroatoms. The van der Waals surface area contributed by atoms with E-state index >= 15 is 0 Å². The van der Waals surface area contributed by atoms with Crippen LogP contribution in [0.1, 0.15) is 24.8 Å². The van der Waals surface area contributed by atoms with Gasteiger partial charge in [-0.15, -0.1) is 11.8 Å². The van der Waals surface area contributed by atoms with Gasteiger partial charge in [-0.25, -0.2) is 0 Å². The van der Waals surface area contributed by atoms with E-state index in [9.17, 15) is 0 Å². The van der Waals surface area contributed by atoms with E-state index in [1.807, 2.05) is 11.8 Å². The fourth-order valence-corrected chi connectivity index (χ4v) is 2.35. The van der Waals surface area contributed by atoms with Crippen molar-refractivity contribution in [2.24, 2.45) is 0 Å². The molecule has 0 aliphatic carbocycles. The van der Waals surface area contributed by atoms with Crippen LogP contribution in [0.4, 0.5) is 0 Å². The minimum atomic E-state index is 1.02. The lowest BCUT2D eigenvalue weighted by molar-refractivity contribution is 0.787. The van der Waals surface area contributed by atoms with Gasteiger partial charge in [0.25, 0.3) is 0 Å². The monoisotopic (exact) mass is 226 g/mol. The Hall–Kier alpha value is -0.0800. The topological polar surface area (TPSA) is 0 Å². The molecule has 0 N–H and O–H groups in total. The molecule has 0 radical (unpaired) electrons. The summed E-state index contributed by atoms with van der Waals surface area (Å²) in [5.74, 6) is 2.26. The number of aryl methyl sites for hydroxylation is 1. The summed E-state index contributed by atoms with van der Waals surface area (Å²) in [5.41, 5.74) is 1.34. The maximum atomic E-state index is 4.20. The Balaban J connectivity index is 2.15. The third kappa shape index (κ3) is 4.97. The zero-order valence-corrected chi connectivity index (χ0v) is 10.4. The van der Waals surface area contributed by atoms with E-state index in [1.165, 1.54) is 35.5 Å². The van der Waals surface area contributed by atoms with Crippen LogP contribution in [-0.2, 0) is 0 Å². The molecular formula is C12H18S2. The first-order chi connectivity index (χ1) is 6.83. The molecule has 0 unspecified atom stereocenters. The molecule has 0 spiro atoms. The van der Waals surface area contributed by atoms with Crippen LogP contribution >= 0.6 is 24.4 Å². The van der Waals surface area contributed by atoms with Crippen molar-refractivity contribution in [1.82, 2.24) is 0 Å². The molecule has 0 bridgehead atoms. The van der Waals surface area contributed by atoms with E-state index in [1.54, 1.807) is 0 Å². The van der Waals surface area contributed by atoms with Crippen LogP contribution < -0.4 is 0 Å². The molecule has 1 aromatic carbocycles. The number of thiol groups is 1. The first kappa shape index (κ1) is 12.0. The van der Waals surface area contributed by atoms with Crippen LogP contribution in [-0.4, -0.2) is 11.5 Å². The largest absolute Gasteiger partial charge is 0.179 e. The molecule has 0 heterocycles. The number of rotatable bonds is 6. The summed E-state index contributed by atoms with van der Waals surface area (Å²) < 4.78 is 0. The third-order valence-electron chi connectivity index (χ3n) is 2.09. The summed E-state index contributed by atoms with van der Waals surface area (Å²) in [6.07, 6.45) is 3.86. The molecule has 14 heavy (non-hydrogen) atoms. The van der Waals surface area contributed by atoms with E-state index in [0.717, 1.165) is 5.75 Å². The second kappa shape index (κ2) is 7.24. The first-order valence-electron chi connectivity index (χ1n) is 5.13. The summed E-state index contributed by atoms with van der Waals surface area (Å²) >= 11 is 6.15. The zero-order chi connectivity index (χ0) is 10.2. The van der Waals surface area contributed by atoms with Gasteiger partial charge >= 0.3 is 0 Å². The lowest BCUT2D eigenvalue weighted by Gasteiger charge is -2.01. The van der Waals surface area contributed by atoms with Gasteiger partial charge < -0.3 is 0 Å². The highest BCUT2D eigenvalue weighted by atomic mass is 32.2. The van der Waals surface area contributed by atoms with E-state index in [4.69, 9.17) is 0 Å². The second-order valence-electron chi connectivity index (χ2n) is 3.45. The molecule has 0 aliphatic heterocycles. The van der Waals surface area contributed by atoms with Gasteiger partial charge in [-0.05, 0) is 43.4 Å². The normalized spacial score (nSPS) is 10.4. The van der Waals surface area contributed by atoms with Crippen molar-refractivity contribution < 1.29 is 0 Å². The number of hydrogen-bond acceptors (Lipinski definition) is 2. The van der Waals surface area contributed by atoms with Gasteiger partial charge in [0, 0.05) is 4.90 Å². The Morgan fingerprint density at radius 3 is 2.43 bits per heavy atom. The average Bonchev–Trinajstić information content (AvgIpc) is 2.21. The molecule has 0 saturated carbocycles. The van der Waals surface area contributed by atoms with Gasteiger partial charge in [0.2, 0.25) is 0 Å². The van der Waals surface area contributed by atoms with Gasteiger partial charge in [-0.1, -0.05) is 24.1 Å². The SMILES string of the molecule is Cc1ccc(SCCCCCS)cc1. The van der Waals surface area contributed by atoms with Crippen molar-refractivity contribution in [2.75, 3.05) is 11.5 Å². The molecular weight excluding hydrogens is 208 g/mol. The van der Waals surface area contributed by atoms with Gasteiger partial charge in [0.15, 0.2) is 0 Å². The number of unbranched alkanes of at least 4 members (excludes halogenated alkanes) is 2. The summed E-state index contributed by atoms with van der Waals surface area (Å²) in [4.78, 5) is 1.39. The highest BCUT2D eigenvalue weighted by Gasteiger charge is 1.93. The van der Waals surface area contributed by atoms with Crippen molar-refractivity contribution in [2.45, 2.75) is 31.1 Å². The Morgan fingerprint density at radius 1 is 1.07 bits per heavy atom. The molecule has 0 fully saturated rings. The Morgan fingerprint density at radius 2 is 1.79 bits per heavy atom. The van der Waals surface area contributed by atoms with Crippen LogP contribution in [0, 0.1) is 6.92 Å². The van der Waals surface area contributed by atoms with E-state index in [-0.39, 0.29) is 0 Å². The van der Waals surface area contributed by atoms with Gasteiger partial charge in [-0.2, -0.15) is 12.6 Å². The minimum Gasteiger partial charge on any atom is -0.179 e. The third-order valence-corrected chi connectivity index (χ3v) is 3.51. The average molecular weight is 226 g/mol. The van der Waals surface area contributed by atoms with Crippen molar-refractivity contribution in [3.63, 3.8) is 0 Å². The lowest BCUT2D eigenvalue weighted by atomic mass is 10.2. The standard InChI is InChI=1S/C12H18S2/c1-11-5-7-12(8-6-11)14-10-4-2-3-9-13/h5-8,13H,2-4,9-10H2,1H3.